The lowest BCUT2D eigenvalue weighted by molar-refractivity contribution is 0.617. The largest absolute Gasteiger partial charge is 0.333 e. The van der Waals surface area contributed by atoms with Gasteiger partial charge in [0.25, 0.3) is 5.56 Å². The molecule has 0 saturated heterocycles. The minimum absolute atomic E-state index is 0.0261. The number of aryl methyl sites for hydroxylation is 1. The molecule has 140 valence electrons. The van der Waals surface area contributed by atoms with Crippen molar-refractivity contribution in [2.45, 2.75) is 20.0 Å². The van der Waals surface area contributed by atoms with Gasteiger partial charge >= 0.3 is 5.69 Å². The smallest absolute Gasteiger partial charge is 0.272 e. The molecule has 28 heavy (non-hydrogen) atoms. The Labute approximate surface area is 159 Å². The van der Waals surface area contributed by atoms with E-state index in [1.54, 1.807) is 12.1 Å². The monoisotopic (exact) mass is 376 g/mol. The summed E-state index contributed by atoms with van der Waals surface area (Å²) in [6.45, 7) is 2.27. The van der Waals surface area contributed by atoms with Crippen molar-refractivity contribution in [3.63, 3.8) is 0 Å². The second kappa shape index (κ2) is 7.19. The van der Waals surface area contributed by atoms with Gasteiger partial charge in [0.05, 0.1) is 13.1 Å². The Morgan fingerprint density at radius 2 is 1.39 bits per heavy atom. The highest BCUT2D eigenvalue weighted by molar-refractivity contribution is 5.68. The van der Waals surface area contributed by atoms with Crippen molar-refractivity contribution in [2.24, 2.45) is 0 Å². The average Bonchev–Trinajstić information content (AvgIpc) is 2.71. The normalized spacial score (nSPS) is 11.1. The third kappa shape index (κ3) is 3.34. The molecule has 0 spiro atoms. The Hall–Kier alpha value is -3.61. The fraction of sp³-hybridized carbons (Fsp3) is 0.143. The van der Waals surface area contributed by atoms with E-state index in [1.807, 2.05) is 31.2 Å². The van der Waals surface area contributed by atoms with Crippen LogP contribution in [0.25, 0.3) is 11.2 Å². The standard InChI is InChI=1S/C21H17FN4O2/c1-14-2-4-15(5-3-14)12-25-19-18(23-10-11-24-19)20(27)26(21(25)28)13-16-6-8-17(22)9-7-16/h2-11H,12-13H2,1H3. The first-order valence-electron chi connectivity index (χ1n) is 8.77. The Balaban J connectivity index is 1.88. The van der Waals surface area contributed by atoms with E-state index < -0.39 is 11.2 Å². The molecular formula is C21H17FN4O2. The van der Waals surface area contributed by atoms with E-state index in [-0.39, 0.29) is 30.1 Å². The van der Waals surface area contributed by atoms with Gasteiger partial charge in [-0.1, -0.05) is 42.0 Å². The predicted molar refractivity (Wildman–Crippen MR) is 104 cm³/mol. The molecule has 0 unspecified atom stereocenters. The summed E-state index contributed by atoms with van der Waals surface area (Å²) in [6, 6.07) is 13.5. The summed E-state index contributed by atoms with van der Waals surface area (Å²) in [7, 11) is 0. The molecule has 0 atom stereocenters. The molecule has 0 aliphatic rings. The first-order chi connectivity index (χ1) is 13.5. The molecule has 6 nitrogen and oxygen atoms in total. The molecular weight excluding hydrogens is 359 g/mol. The minimum atomic E-state index is -0.516. The van der Waals surface area contributed by atoms with Gasteiger partial charge < -0.3 is 0 Å². The molecule has 2 heterocycles. The van der Waals surface area contributed by atoms with Crippen molar-refractivity contribution in [1.29, 1.82) is 0 Å². The summed E-state index contributed by atoms with van der Waals surface area (Å²) in [5.74, 6) is -0.378. The van der Waals surface area contributed by atoms with Crippen molar-refractivity contribution in [2.75, 3.05) is 0 Å². The number of nitrogens with zero attached hydrogens (tertiary/aromatic N) is 4. The van der Waals surface area contributed by atoms with Crippen molar-refractivity contribution < 1.29 is 4.39 Å². The lowest BCUT2D eigenvalue weighted by Gasteiger charge is -2.13. The molecule has 0 fully saturated rings. The molecule has 0 saturated carbocycles. The molecule has 0 aliphatic carbocycles. The number of halogens is 1. The number of hydrogen-bond donors (Lipinski definition) is 0. The van der Waals surface area contributed by atoms with Crippen LogP contribution in [0.2, 0.25) is 0 Å². The van der Waals surface area contributed by atoms with Crippen molar-refractivity contribution >= 4 is 11.2 Å². The topological polar surface area (TPSA) is 69.8 Å². The second-order valence-corrected chi connectivity index (χ2v) is 6.60. The van der Waals surface area contributed by atoms with E-state index in [1.165, 1.54) is 29.1 Å². The number of hydrogen-bond acceptors (Lipinski definition) is 4. The number of fused-ring (bicyclic) bond motifs is 1. The first-order valence-corrected chi connectivity index (χ1v) is 8.77. The maximum absolute atomic E-state index is 13.2. The van der Waals surface area contributed by atoms with Crippen LogP contribution in [0.4, 0.5) is 4.39 Å². The van der Waals surface area contributed by atoms with Gasteiger partial charge in [-0.2, -0.15) is 0 Å². The van der Waals surface area contributed by atoms with Gasteiger partial charge in [-0.3, -0.25) is 13.9 Å². The average molecular weight is 376 g/mol. The molecule has 2 aromatic carbocycles. The second-order valence-electron chi connectivity index (χ2n) is 6.60. The third-order valence-electron chi connectivity index (χ3n) is 4.56. The van der Waals surface area contributed by atoms with E-state index in [4.69, 9.17) is 0 Å². The third-order valence-corrected chi connectivity index (χ3v) is 4.56. The molecule has 4 aromatic rings. The summed E-state index contributed by atoms with van der Waals surface area (Å²) >= 11 is 0. The van der Waals surface area contributed by atoms with E-state index >= 15 is 0 Å². The van der Waals surface area contributed by atoms with Crippen LogP contribution in [-0.4, -0.2) is 19.1 Å². The highest BCUT2D eigenvalue weighted by Crippen LogP contribution is 2.09. The highest BCUT2D eigenvalue weighted by atomic mass is 19.1. The molecule has 2 aromatic heterocycles. The zero-order valence-corrected chi connectivity index (χ0v) is 15.2. The number of aromatic nitrogens is 4. The van der Waals surface area contributed by atoms with Crippen molar-refractivity contribution in [3.05, 3.63) is 104 Å². The van der Waals surface area contributed by atoms with Crippen molar-refractivity contribution in [3.8, 4) is 0 Å². The van der Waals surface area contributed by atoms with Gasteiger partial charge in [-0.15, -0.1) is 0 Å². The van der Waals surface area contributed by atoms with Crippen LogP contribution < -0.4 is 11.2 Å². The fourth-order valence-electron chi connectivity index (χ4n) is 3.06. The Bertz CT molecular complexity index is 1260. The molecule has 0 amide bonds. The maximum Gasteiger partial charge on any atom is 0.333 e. The summed E-state index contributed by atoms with van der Waals surface area (Å²) < 4.78 is 15.7. The Morgan fingerprint density at radius 3 is 2.07 bits per heavy atom. The van der Waals surface area contributed by atoms with Crippen molar-refractivity contribution in [1.82, 2.24) is 19.1 Å². The first kappa shape index (κ1) is 17.8. The minimum Gasteiger partial charge on any atom is -0.272 e. The molecule has 0 bridgehead atoms. The zero-order chi connectivity index (χ0) is 19.7. The fourth-order valence-corrected chi connectivity index (χ4v) is 3.06. The lowest BCUT2D eigenvalue weighted by atomic mass is 10.1. The number of rotatable bonds is 4. The maximum atomic E-state index is 13.2. The van der Waals surface area contributed by atoms with Crippen LogP contribution in [0.1, 0.15) is 16.7 Å². The Morgan fingerprint density at radius 1 is 0.821 bits per heavy atom. The Kier molecular flexibility index (Phi) is 4.57. The zero-order valence-electron chi connectivity index (χ0n) is 15.2. The van der Waals surface area contributed by atoms with E-state index in [0.29, 0.717) is 5.56 Å². The van der Waals surface area contributed by atoms with Crippen LogP contribution in [0.3, 0.4) is 0 Å². The predicted octanol–water partition coefficient (Wildman–Crippen LogP) is 2.50. The number of benzene rings is 2. The molecule has 4 rings (SSSR count). The summed E-state index contributed by atoms with van der Waals surface area (Å²) in [6.07, 6.45) is 2.88. The van der Waals surface area contributed by atoms with Gasteiger partial charge in [0.15, 0.2) is 11.2 Å². The van der Waals surface area contributed by atoms with E-state index in [0.717, 1.165) is 15.7 Å². The highest BCUT2D eigenvalue weighted by Gasteiger charge is 2.15. The molecule has 0 N–H and O–H groups in total. The van der Waals surface area contributed by atoms with Crippen LogP contribution in [0.5, 0.6) is 0 Å². The summed E-state index contributed by atoms with van der Waals surface area (Å²) in [5.41, 5.74) is 2.03. The summed E-state index contributed by atoms with van der Waals surface area (Å²) in [5, 5.41) is 0. The quantitative estimate of drug-likeness (QED) is 0.549. The van der Waals surface area contributed by atoms with Crippen LogP contribution in [0, 0.1) is 12.7 Å². The van der Waals surface area contributed by atoms with E-state index in [9.17, 15) is 14.0 Å². The van der Waals surface area contributed by atoms with Crippen LogP contribution in [-0.2, 0) is 13.1 Å². The van der Waals surface area contributed by atoms with Gasteiger partial charge in [0, 0.05) is 12.4 Å². The lowest BCUT2D eigenvalue weighted by Crippen LogP contribution is -2.41. The van der Waals surface area contributed by atoms with Gasteiger partial charge in [-0.25, -0.2) is 19.2 Å². The van der Waals surface area contributed by atoms with Crippen LogP contribution in [0.15, 0.2) is 70.5 Å². The van der Waals surface area contributed by atoms with Gasteiger partial charge in [-0.05, 0) is 30.2 Å². The molecule has 0 aliphatic heterocycles. The van der Waals surface area contributed by atoms with Gasteiger partial charge in [0.2, 0.25) is 0 Å². The molecule has 7 heteroatoms. The van der Waals surface area contributed by atoms with Gasteiger partial charge in [0.1, 0.15) is 5.82 Å². The van der Waals surface area contributed by atoms with E-state index in [2.05, 4.69) is 9.97 Å². The summed E-state index contributed by atoms with van der Waals surface area (Å²) in [4.78, 5) is 34.3. The van der Waals surface area contributed by atoms with Crippen LogP contribution >= 0.6 is 0 Å². The SMILES string of the molecule is Cc1ccc(Cn2c(=O)n(Cc3ccc(F)cc3)c(=O)c3nccnc32)cc1. The molecule has 0 radical (unpaired) electrons.